The Kier molecular flexibility index (Phi) is 4.82. The molecule has 1 aliphatic rings. The molecule has 0 bridgehead atoms. The van der Waals surface area contributed by atoms with E-state index in [4.69, 9.17) is 4.74 Å². The lowest BCUT2D eigenvalue weighted by molar-refractivity contribution is -0.141. The molecule has 0 unspecified atom stereocenters. The van der Waals surface area contributed by atoms with Crippen molar-refractivity contribution in [2.75, 3.05) is 13.2 Å². The van der Waals surface area contributed by atoms with Crippen LogP contribution in [0.3, 0.4) is 0 Å². The second-order valence-electron chi connectivity index (χ2n) is 4.63. The van der Waals surface area contributed by atoms with Gasteiger partial charge in [-0.1, -0.05) is 36.9 Å². The van der Waals surface area contributed by atoms with E-state index in [2.05, 4.69) is 47.6 Å². The number of fused-ring (bicyclic) bond motifs is 1. The molecule has 2 N–H and O–H groups in total. The molecule has 2 rings (SSSR count). The van der Waals surface area contributed by atoms with E-state index in [1.807, 2.05) is 0 Å². The van der Waals surface area contributed by atoms with Gasteiger partial charge < -0.3 is 15.4 Å². The van der Waals surface area contributed by atoms with Gasteiger partial charge >= 0.3 is 5.97 Å². The second-order valence-corrected chi connectivity index (χ2v) is 4.63. The Morgan fingerprint density at radius 3 is 3.05 bits per heavy atom. The number of carbonyl (C=O) groups is 1. The lowest BCUT2D eigenvalue weighted by Gasteiger charge is -2.12. The summed E-state index contributed by atoms with van der Waals surface area (Å²) in [6.07, 6.45) is 5.32. The Morgan fingerprint density at radius 2 is 2.25 bits per heavy atom. The Bertz CT molecular complexity index is 535. The highest BCUT2D eigenvalue weighted by Gasteiger charge is 2.06. The van der Waals surface area contributed by atoms with Crippen LogP contribution in [-0.4, -0.2) is 19.1 Å². The fourth-order valence-electron chi connectivity index (χ4n) is 2.08. The molecule has 0 atom stereocenters. The third-order valence-electron chi connectivity index (χ3n) is 3.10. The molecule has 0 saturated heterocycles. The largest absolute Gasteiger partial charge is 0.465 e. The van der Waals surface area contributed by atoms with Crippen molar-refractivity contribution >= 4 is 12.0 Å². The van der Waals surface area contributed by atoms with E-state index in [1.165, 1.54) is 16.7 Å². The van der Waals surface area contributed by atoms with Crippen LogP contribution >= 0.6 is 0 Å². The third-order valence-corrected chi connectivity index (χ3v) is 3.10. The highest BCUT2D eigenvalue weighted by Crippen LogP contribution is 2.20. The molecule has 1 aromatic carbocycles. The van der Waals surface area contributed by atoms with Gasteiger partial charge in [0.25, 0.3) is 0 Å². The molecular weight excluding hydrogens is 252 g/mol. The number of nitrogens with one attached hydrogen (secondary N) is 2. The van der Waals surface area contributed by atoms with Crippen molar-refractivity contribution in [2.24, 2.45) is 0 Å². The van der Waals surface area contributed by atoms with Gasteiger partial charge in [-0.15, -0.1) is 0 Å². The lowest BCUT2D eigenvalue weighted by Crippen LogP contribution is -2.30. The lowest BCUT2D eigenvalue weighted by atomic mass is 10.1. The van der Waals surface area contributed by atoms with Gasteiger partial charge in [0.05, 0.1) is 12.4 Å². The Balaban J connectivity index is 1.75. The molecule has 0 aliphatic heterocycles. The van der Waals surface area contributed by atoms with E-state index in [1.54, 1.807) is 6.92 Å². The summed E-state index contributed by atoms with van der Waals surface area (Å²) in [7, 11) is 0. The van der Waals surface area contributed by atoms with Crippen LogP contribution in [0.1, 0.15) is 23.6 Å². The molecule has 20 heavy (non-hydrogen) atoms. The van der Waals surface area contributed by atoms with Crippen molar-refractivity contribution in [3.05, 3.63) is 53.4 Å². The van der Waals surface area contributed by atoms with Crippen molar-refractivity contribution in [1.29, 1.82) is 0 Å². The number of allylic oxidation sites excluding steroid dienone is 1. The molecular formula is C16H20N2O2. The quantitative estimate of drug-likeness (QED) is 0.745. The molecule has 106 valence electrons. The molecule has 4 nitrogen and oxygen atoms in total. The zero-order chi connectivity index (χ0) is 14.4. The van der Waals surface area contributed by atoms with Crippen molar-refractivity contribution in [1.82, 2.24) is 10.6 Å². The molecule has 0 radical (unpaired) electrons. The Labute approximate surface area is 119 Å². The Hall–Kier alpha value is -2.23. The standard InChI is InChI=1S/C16H20N2O2/c1-3-20-16(19)11-18-12(2)17-10-13-7-8-14-5-4-6-15(14)9-13/h4-5,7-9,17-18H,2-3,6,10-11H2,1H3. The predicted molar refractivity (Wildman–Crippen MR) is 79.8 cm³/mol. The summed E-state index contributed by atoms with van der Waals surface area (Å²) in [6.45, 7) is 6.83. The van der Waals surface area contributed by atoms with Crippen molar-refractivity contribution < 1.29 is 9.53 Å². The van der Waals surface area contributed by atoms with Crippen LogP contribution in [0, 0.1) is 0 Å². The first-order valence-corrected chi connectivity index (χ1v) is 6.79. The summed E-state index contributed by atoms with van der Waals surface area (Å²) in [5.41, 5.74) is 3.86. The van der Waals surface area contributed by atoms with E-state index < -0.39 is 0 Å². The van der Waals surface area contributed by atoms with E-state index in [0.717, 1.165) is 6.42 Å². The number of esters is 1. The van der Waals surface area contributed by atoms with Crippen LogP contribution in [0.25, 0.3) is 6.08 Å². The highest BCUT2D eigenvalue weighted by molar-refractivity contribution is 5.71. The van der Waals surface area contributed by atoms with Crippen LogP contribution in [0.2, 0.25) is 0 Å². The summed E-state index contributed by atoms with van der Waals surface area (Å²) >= 11 is 0. The van der Waals surface area contributed by atoms with Gasteiger partial charge in [-0.3, -0.25) is 4.79 Å². The molecule has 0 heterocycles. The average molecular weight is 272 g/mol. The predicted octanol–water partition coefficient (Wildman–Crippen LogP) is 1.97. The first-order chi connectivity index (χ1) is 9.69. The van der Waals surface area contributed by atoms with Crippen LogP contribution < -0.4 is 10.6 Å². The topological polar surface area (TPSA) is 50.4 Å². The first kappa shape index (κ1) is 14.2. The highest BCUT2D eigenvalue weighted by atomic mass is 16.5. The fourth-order valence-corrected chi connectivity index (χ4v) is 2.08. The molecule has 1 aromatic rings. The summed E-state index contributed by atoms with van der Waals surface area (Å²) in [5.74, 6) is 0.343. The second kappa shape index (κ2) is 6.80. The molecule has 0 amide bonds. The third kappa shape index (κ3) is 3.88. The zero-order valence-corrected chi connectivity index (χ0v) is 11.7. The molecule has 0 aromatic heterocycles. The number of hydrogen-bond donors (Lipinski definition) is 2. The molecule has 0 spiro atoms. The van der Waals surface area contributed by atoms with Crippen molar-refractivity contribution in [3.63, 3.8) is 0 Å². The van der Waals surface area contributed by atoms with Gasteiger partial charge in [-0.05, 0) is 30.0 Å². The van der Waals surface area contributed by atoms with Gasteiger partial charge in [0.2, 0.25) is 0 Å². The minimum absolute atomic E-state index is 0.133. The number of hydrogen-bond acceptors (Lipinski definition) is 4. The molecule has 4 heteroatoms. The van der Waals surface area contributed by atoms with Crippen LogP contribution in [0.15, 0.2) is 36.7 Å². The van der Waals surface area contributed by atoms with Gasteiger partial charge in [0, 0.05) is 6.54 Å². The van der Waals surface area contributed by atoms with Crippen molar-refractivity contribution in [3.8, 4) is 0 Å². The fraction of sp³-hybridized carbons (Fsp3) is 0.312. The van der Waals surface area contributed by atoms with Crippen LogP contribution in [-0.2, 0) is 22.5 Å². The zero-order valence-electron chi connectivity index (χ0n) is 11.7. The monoisotopic (exact) mass is 272 g/mol. The van der Waals surface area contributed by atoms with Gasteiger partial charge in [-0.2, -0.15) is 0 Å². The SMILES string of the molecule is C=C(NCC(=O)OCC)NCc1ccc2c(c1)CC=C2. The number of rotatable bonds is 7. The molecule has 1 aliphatic carbocycles. The van der Waals surface area contributed by atoms with Gasteiger partial charge in [-0.25, -0.2) is 0 Å². The molecule has 0 saturated carbocycles. The van der Waals surface area contributed by atoms with E-state index >= 15 is 0 Å². The summed E-state index contributed by atoms with van der Waals surface area (Å²) in [4.78, 5) is 11.2. The van der Waals surface area contributed by atoms with Crippen molar-refractivity contribution in [2.45, 2.75) is 19.9 Å². The number of ether oxygens (including phenoxy) is 1. The van der Waals surface area contributed by atoms with Crippen LogP contribution in [0.5, 0.6) is 0 Å². The Morgan fingerprint density at radius 1 is 1.40 bits per heavy atom. The summed E-state index contributed by atoms with van der Waals surface area (Å²) < 4.78 is 4.83. The number of benzene rings is 1. The maximum absolute atomic E-state index is 11.2. The summed E-state index contributed by atoms with van der Waals surface area (Å²) in [5, 5.41) is 6.05. The van der Waals surface area contributed by atoms with Gasteiger partial charge in [0.15, 0.2) is 0 Å². The maximum atomic E-state index is 11.2. The van der Waals surface area contributed by atoms with Gasteiger partial charge in [0.1, 0.15) is 6.54 Å². The summed E-state index contributed by atoms with van der Waals surface area (Å²) in [6, 6.07) is 6.42. The van der Waals surface area contributed by atoms with Crippen LogP contribution in [0.4, 0.5) is 0 Å². The van der Waals surface area contributed by atoms with E-state index in [0.29, 0.717) is 19.0 Å². The number of carbonyl (C=O) groups excluding carboxylic acids is 1. The first-order valence-electron chi connectivity index (χ1n) is 6.79. The average Bonchev–Trinajstić information content (AvgIpc) is 2.90. The maximum Gasteiger partial charge on any atom is 0.325 e. The normalized spacial score (nSPS) is 11.8. The van der Waals surface area contributed by atoms with E-state index in [9.17, 15) is 4.79 Å². The minimum Gasteiger partial charge on any atom is -0.465 e. The smallest absolute Gasteiger partial charge is 0.325 e. The minimum atomic E-state index is -0.279. The molecule has 0 fully saturated rings. The van der Waals surface area contributed by atoms with E-state index in [-0.39, 0.29) is 12.5 Å².